The number of anilines is 4. The van der Waals surface area contributed by atoms with Crippen LogP contribution in [0.25, 0.3) is 0 Å². The van der Waals surface area contributed by atoms with Gasteiger partial charge in [0.05, 0.1) is 42.1 Å². The van der Waals surface area contributed by atoms with Gasteiger partial charge in [-0.2, -0.15) is 0 Å². The van der Waals surface area contributed by atoms with E-state index in [2.05, 4.69) is 20.9 Å². The van der Waals surface area contributed by atoms with Crippen LogP contribution in [0.1, 0.15) is 51.2 Å². The first-order valence-electron chi connectivity index (χ1n) is 13.9. The van der Waals surface area contributed by atoms with E-state index in [1.165, 1.54) is 31.2 Å². The molecule has 13 heteroatoms. The number of nitrogens with zero attached hydrogens (tertiary/aromatic N) is 2. The molecule has 236 valence electrons. The summed E-state index contributed by atoms with van der Waals surface area (Å²) in [7, 11) is 1.43. The van der Waals surface area contributed by atoms with Crippen molar-refractivity contribution in [3.05, 3.63) is 107 Å². The van der Waals surface area contributed by atoms with Gasteiger partial charge in [-0.25, -0.2) is 9.59 Å². The van der Waals surface area contributed by atoms with Gasteiger partial charge >= 0.3 is 18.0 Å². The summed E-state index contributed by atoms with van der Waals surface area (Å²) in [4.78, 5) is 66.8. The third kappa shape index (κ3) is 7.82. The molecule has 0 aliphatic carbocycles. The number of amides is 4. The number of nitrogens with one attached hydrogen (secondary N) is 3. The number of methoxy groups -OCH3 is 1. The Kier molecular flexibility index (Phi) is 10.3. The topological polar surface area (TPSA) is 187 Å². The summed E-state index contributed by atoms with van der Waals surface area (Å²) in [5, 5.41) is 27.0. The van der Waals surface area contributed by atoms with E-state index >= 15 is 0 Å². The number of hydrogen-bond acceptors (Lipinski definition) is 7. The largest absolute Gasteiger partial charge is 0.494 e. The molecule has 0 saturated heterocycles. The summed E-state index contributed by atoms with van der Waals surface area (Å²) >= 11 is 0. The van der Waals surface area contributed by atoms with E-state index < -0.39 is 36.3 Å². The van der Waals surface area contributed by atoms with Gasteiger partial charge < -0.3 is 30.9 Å². The molecular formula is C33H31N5O8. The van der Waals surface area contributed by atoms with E-state index in [1.54, 1.807) is 48.5 Å². The molecule has 4 amide bonds. The standard InChI is InChI=1S/C33H31N5O8/c1-19-6-4-5-7-26(19)36-33(45)37-27-13-12-23(16-29(27)46-3)38(20(2)39)22-10-8-21(9-11-22)28(17-30(40)41)35-31(42)25-18-34-15-14-24(25)32(43)44/h4-16,18,28H,17H2,1-3H3,(H,35,42)(H,40,41)(H,43,44)(H2,36,37,45)/t28-/m1/s1. The second-order valence-electron chi connectivity index (χ2n) is 10.1. The molecule has 13 nitrogen and oxygen atoms in total. The summed E-state index contributed by atoms with van der Waals surface area (Å²) in [6.07, 6.45) is 1.83. The van der Waals surface area contributed by atoms with E-state index in [9.17, 15) is 34.2 Å². The maximum absolute atomic E-state index is 12.9. The molecule has 46 heavy (non-hydrogen) atoms. The van der Waals surface area contributed by atoms with Gasteiger partial charge in [0.1, 0.15) is 5.75 Å². The zero-order valence-electron chi connectivity index (χ0n) is 25.1. The first kappa shape index (κ1) is 32.7. The van der Waals surface area contributed by atoms with E-state index in [4.69, 9.17) is 4.74 Å². The number of aromatic carboxylic acids is 1. The summed E-state index contributed by atoms with van der Waals surface area (Å²) in [6.45, 7) is 3.24. The third-order valence-electron chi connectivity index (χ3n) is 6.93. The molecule has 1 atom stereocenters. The van der Waals surface area contributed by atoms with Gasteiger partial charge in [0.15, 0.2) is 0 Å². The predicted octanol–water partition coefficient (Wildman–Crippen LogP) is 5.37. The molecule has 1 heterocycles. The number of aryl methyl sites for hydroxylation is 1. The second kappa shape index (κ2) is 14.5. The van der Waals surface area contributed by atoms with Crippen molar-refractivity contribution in [2.24, 2.45) is 0 Å². The van der Waals surface area contributed by atoms with Crippen molar-refractivity contribution in [3.8, 4) is 5.75 Å². The van der Waals surface area contributed by atoms with Gasteiger partial charge in [-0.15, -0.1) is 0 Å². The third-order valence-corrected chi connectivity index (χ3v) is 6.93. The Labute approximate surface area is 263 Å². The molecule has 4 rings (SSSR count). The minimum atomic E-state index is -1.33. The van der Waals surface area contributed by atoms with Crippen molar-refractivity contribution in [2.75, 3.05) is 22.6 Å². The number of para-hydroxylation sites is 1. The average Bonchev–Trinajstić information content (AvgIpc) is 3.02. The number of aliphatic carboxylic acids is 1. The van der Waals surface area contributed by atoms with Crippen LogP contribution in [0.15, 0.2) is 85.2 Å². The van der Waals surface area contributed by atoms with Crippen LogP contribution in [0.4, 0.5) is 27.5 Å². The van der Waals surface area contributed by atoms with Crippen LogP contribution in [0.3, 0.4) is 0 Å². The molecule has 0 bridgehead atoms. The first-order valence-corrected chi connectivity index (χ1v) is 13.9. The summed E-state index contributed by atoms with van der Waals surface area (Å²) in [6, 6.07) is 18.1. The maximum atomic E-state index is 12.9. The summed E-state index contributed by atoms with van der Waals surface area (Å²) in [5.41, 5.74) is 2.66. The SMILES string of the molecule is COc1cc(N(C(C)=O)c2ccc([C@@H](CC(=O)O)NC(=O)c3cnccc3C(=O)O)cc2)ccc1NC(=O)Nc1ccccc1C. The average molecular weight is 626 g/mol. The lowest BCUT2D eigenvalue weighted by Crippen LogP contribution is -2.31. The number of carbonyl (C=O) groups excluding carboxylic acids is 3. The predicted molar refractivity (Wildman–Crippen MR) is 170 cm³/mol. The van der Waals surface area contributed by atoms with Gasteiger partial charge in [-0.05, 0) is 54.4 Å². The van der Waals surface area contributed by atoms with Gasteiger partial charge in [-0.3, -0.25) is 24.3 Å². The van der Waals surface area contributed by atoms with Gasteiger partial charge in [0.25, 0.3) is 5.91 Å². The molecule has 5 N–H and O–H groups in total. The lowest BCUT2D eigenvalue weighted by Gasteiger charge is -2.24. The number of ether oxygens (including phenoxy) is 1. The number of pyridine rings is 1. The number of aromatic nitrogens is 1. The molecule has 0 spiro atoms. The number of carbonyl (C=O) groups is 5. The van der Waals surface area contributed by atoms with Gasteiger partial charge in [-0.1, -0.05) is 30.3 Å². The Morgan fingerprint density at radius 2 is 1.54 bits per heavy atom. The normalized spacial score (nSPS) is 11.1. The Hall–Kier alpha value is -6.24. The number of hydrogen-bond donors (Lipinski definition) is 5. The van der Waals surface area contributed by atoms with Crippen LogP contribution in [0.2, 0.25) is 0 Å². The molecule has 0 aliphatic rings. The number of carboxylic acids is 2. The molecule has 0 fully saturated rings. The smallest absolute Gasteiger partial charge is 0.336 e. The Morgan fingerprint density at radius 1 is 0.870 bits per heavy atom. The Morgan fingerprint density at radius 3 is 2.17 bits per heavy atom. The van der Waals surface area contributed by atoms with Gasteiger partial charge in [0, 0.05) is 36.8 Å². The van der Waals surface area contributed by atoms with Crippen molar-refractivity contribution in [2.45, 2.75) is 26.3 Å². The lowest BCUT2D eigenvalue weighted by atomic mass is 10.0. The van der Waals surface area contributed by atoms with E-state index in [0.29, 0.717) is 34.1 Å². The van der Waals surface area contributed by atoms with E-state index in [1.807, 2.05) is 25.1 Å². The molecule has 0 radical (unpaired) electrons. The van der Waals surface area contributed by atoms with E-state index in [-0.39, 0.29) is 17.0 Å². The highest BCUT2D eigenvalue weighted by molar-refractivity contribution is 6.05. The summed E-state index contributed by atoms with van der Waals surface area (Å²) < 4.78 is 5.49. The Balaban J connectivity index is 1.56. The maximum Gasteiger partial charge on any atom is 0.336 e. The fourth-order valence-electron chi connectivity index (χ4n) is 4.70. The minimum Gasteiger partial charge on any atom is -0.494 e. The molecule has 0 aliphatic heterocycles. The van der Waals surface area contributed by atoms with Crippen LogP contribution in [-0.2, 0) is 9.59 Å². The molecule has 1 aromatic heterocycles. The van der Waals surface area contributed by atoms with Crippen molar-refractivity contribution >= 4 is 52.5 Å². The molecule has 4 aromatic rings. The van der Waals surface area contributed by atoms with Crippen molar-refractivity contribution in [1.29, 1.82) is 0 Å². The fraction of sp³-hybridized carbons (Fsp3) is 0.152. The van der Waals surface area contributed by atoms with Crippen molar-refractivity contribution in [1.82, 2.24) is 10.3 Å². The van der Waals surface area contributed by atoms with Gasteiger partial charge in [0.2, 0.25) is 5.91 Å². The lowest BCUT2D eigenvalue weighted by molar-refractivity contribution is -0.137. The zero-order chi connectivity index (χ0) is 33.4. The highest BCUT2D eigenvalue weighted by atomic mass is 16.5. The highest BCUT2D eigenvalue weighted by Crippen LogP contribution is 2.34. The van der Waals surface area contributed by atoms with E-state index in [0.717, 1.165) is 11.8 Å². The van der Waals surface area contributed by atoms with Crippen LogP contribution in [0.5, 0.6) is 5.75 Å². The first-order chi connectivity index (χ1) is 22.0. The fourth-order valence-corrected chi connectivity index (χ4v) is 4.70. The van der Waals surface area contributed by atoms with Crippen molar-refractivity contribution < 1.29 is 38.9 Å². The number of benzene rings is 3. The van der Waals surface area contributed by atoms with Crippen molar-refractivity contribution in [3.63, 3.8) is 0 Å². The van der Waals surface area contributed by atoms with Crippen LogP contribution in [-0.4, -0.2) is 52.1 Å². The minimum absolute atomic E-state index is 0.218. The van der Waals surface area contributed by atoms with Crippen LogP contribution >= 0.6 is 0 Å². The number of rotatable bonds is 11. The number of carboxylic acid groups (broad SMARTS) is 2. The Bertz CT molecular complexity index is 1790. The van der Waals surface area contributed by atoms with Crippen LogP contribution < -0.4 is 25.6 Å². The summed E-state index contributed by atoms with van der Waals surface area (Å²) in [5.74, 6) is -3.39. The second-order valence-corrected chi connectivity index (χ2v) is 10.1. The molecule has 0 saturated carbocycles. The zero-order valence-corrected chi connectivity index (χ0v) is 25.1. The molecule has 3 aromatic carbocycles. The van der Waals surface area contributed by atoms with Crippen LogP contribution in [0, 0.1) is 6.92 Å². The molecular weight excluding hydrogens is 594 g/mol. The monoisotopic (exact) mass is 625 g/mol. The molecule has 0 unspecified atom stereocenters. The quantitative estimate of drug-likeness (QED) is 0.146. The number of urea groups is 1. The highest BCUT2D eigenvalue weighted by Gasteiger charge is 2.24.